The second-order valence-electron chi connectivity index (χ2n) is 5.66. The van der Waals surface area contributed by atoms with E-state index in [4.69, 9.17) is 4.42 Å². The maximum atomic E-state index is 11.5. The van der Waals surface area contributed by atoms with Crippen LogP contribution in [-0.2, 0) is 6.42 Å². The molecule has 5 heteroatoms. The van der Waals surface area contributed by atoms with E-state index in [1.54, 1.807) is 6.20 Å². The van der Waals surface area contributed by atoms with Crippen LogP contribution in [0.25, 0.3) is 11.1 Å². The summed E-state index contributed by atoms with van der Waals surface area (Å²) in [5.41, 5.74) is 0.583. The first-order valence-electron chi connectivity index (χ1n) is 6.62. The van der Waals surface area contributed by atoms with Crippen LogP contribution < -0.4 is 5.56 Å². The average Bonchev–Trinajstić information content (AvgIpc) is 3.03. The quantitative estimate of drug-likeness (QED) is 0.877. The molecular weight excluding hydrogens is 230 g/mol. The fourth-order valence-electron chi connectivity index (χ4n) is 3.77. The lowest BCUT2D eigenvalue weighted by Gasteiger charge is -2.19. The zero-order valence-electron chi connectivity index (χ0n) is 10.1. The Labute approximate surface area is 104 Å². The fourth-order valence-corrected chi connectivity index (χ4v) is 3.77. The largest absolute Gasteiger partial charge is 0.435 e. The van der Waals surface area contributed by atoms with Crippen molar-refractivity contribution in [2.24, 2.45) is 17.8 Å². The number of nitrogens with one attached hydrogen (secondary N) is 1. The highest BCUT2D eigenvalue weighted by molar-refractivity contribution is 5.69. The Hall–Kier alpha value is -1.65. The molecule has 5 nitrogen and oxygen atoms in total. The van der Waals surface area contributed by atoms with Crippen molar-refractivity contribution < 1.29 is 4.42 Å². The van der Waals surface area contributed by atoms with E-state index in [0.29, 0.717) is 22.9 Å². The molecule has 3 atom stereocenters. The Morgan fingerprint density at radius 3 is 3.06 bits per heavy atom. The van der Waals surface area contributed by atoms with E-state index in [1.807, 2.05) is 0 Å². The van der Waals surface area contributed by atoms with Gasteiger partial charge in [0.15, 0.2) is 5.89 Å². The minimum atomic E-state index is -0.292. The molecule has 0 radical (unpaired) electrons. The molecule has 0 saturated heterocycles. The van der Waals surface area contributed by atoms with Crippen molar-refractivity contribution in [3.8, 4) is 0 Å². The van der Waals surface area contributed by atoms with E-state index >= 15 is 0 Å². The molecule has 2 bridgehead atoms. The van der Waals surface area contributed by atoms with Gasteiger partial charge in [0.2, 0.25) is 5.58 Å². The number of aromatic amines is 1. The summed E-state index contributed by atoms with van der Waals surface area (Å²) in [5.74, 6) is 3.17. The van der Waals surface area contributed by atoms with Crippen LogP contribution in [0.1, 0.15) is 31.6 Å². The summed E-state index contributed by atoms with van der Waals surface area (Å²) in [4.78, 5) is 15.9. The number of aromatic nitrogens is 3. The number of oxazole rings is 1. The lowest BCUT2D eigenvalue weighted by Crippen LogP contribution is -2.13. The van der Waals surface area contributed by atoms with Crippen LogP contribution in [0.2, 0.25) is 0 Å². The second kappa shape index (κ2) is 3.67. The Morgan fingerprint density at radius 1 is 1.39 bits per heavy atom. The molecule has 2 aliphatic rings. The van der Waals surface area contributed by atoms with Crippen LogP contribution in [0.4, 0.5) is 0 Å². The molecule has 2 fully saturated rings. The summed E-state index contributed by atoms with van der Waals surface area (Å²) in [6.07, 6.45) is 7.86. The molecule has 2 aromatic heterocycles. The molecule has 1 unspecified atom stereocenters. The van der Waals surface area contributed by atoms with E-state index in [0.717, 1.165) is 18.3 Å². The maximum Gasteiger partial charge on any atom is 0.309 e. The molecule has 94 valence electrons. The van der Waals surface area contributed by atoms with Gasteiger partial charge in [-0.2, -0.15) is 5.10 Å². The Kier molecular flexibility index (Phi) is 2.10. The van der Waals surface area contributed by atoms with Gasteiger partial charge in [-0.25, -0.2) is 10.1 Å². The number of fused-ring (bicyclic) bond motifs is 3. The van der Waals surface area contributed by atoms with Gasteiger partial charge in [0, 0.05) is 6.42 Å². The van der Waals surface area contributed by atoms with Gasteiger partial charge in [0.1, 0.15) is 5.52 Å². The number of hydrogen-bond donors (Lipinski definition) is 1. The Bertz CT molecular complexity index is 645. The number of rotatable bonds is 2. The summed E-state index contributed by atoms with van der Waals surface area (Å²) in [6, 6.07) is 0. The van der Waals surface area contributed by atoms with Crippen LogP contribution in [0.15, 0.2) is 15.4 Å². The van der Waals surface area contributed by atoms with E-state index < -0.39 is 0 Å². The molecule has 18 heavy (non-hydrogen) atoms. The van der Waals surface area contributed by atoms with Crippen LogP contribution in [0, 0.1) is 17.8 Å². The monoisotopic (exact) mass is 245 g/mol. The van der Waals surface area contributed by atoms with Crippen LogP contribution >= 0.6 is 0 Å². The molecule has 0 amide bonds. The lowest BCUT2D eigenvalue weighted by molar-refractivity contribution is 0.310. The summed E-state index contributed by atoms with van der Waals surface area (Å²) < 4.78 is 5.57. The molecule has 0 spiro atoms. The van der Waals surface area contributed by atoms with E-state index in [-0.39, 0.29) is 5.56 Å². The molecular formula is C13H15N3O2. The minimum Gasteiger partial charge on any atom is -0.435 e. The Balaban J connectivity index is 1.63. The average molecular weight is 245 g/mol. The van der Waals surface area contributed by atoms with E-state index in [2.05, 4.69) is 15.2 Å². The summed E-state index contributed by atoms with van der Waals surface area (Å²) >= 11 is 0. The first-order chi connectivity index (χ1) is 8.79. The van der Waals surface area contributed by atoms with Gasteiger partial charge in [0.05, 0.1) is 6.20 Å². The van der Waals surface area contributed by atoms with Crippen LogP contribution in [0.5, 0.6) is 0 Å². The first-order valence-corrected chi connectivity index (χ1v) is 6.62. The minimum absolute atomic E-state index is 0.292. The van der Waals surface area contributed by atoms with Crippen LogP contribution in [0.3, 0.4) is 0 Å². The third-order valence-electron chi connectivity index (χ3n) is 4.58. The summed E-state index contributed by atoms with van der Waals surface area (Å²) in [6.45, 7) is 0. The third-order valence-corrected chi connectivity index (χ3v) is 4.58. The zero-order valence-corrected chi connectivity index (χ0v) is 10.1. The van der Waals surface area contributed by atoms with E-state index in [9.17, 15) is 4.79 Å². The SMILES string of the molecule is O=c1[nH]ncc2nc(CC3C[C@H]4CC[C@@H]3C4)oc12. The molecule has 2 aliphatic carbocycles. The highest BCUT2D eigenvalue weighted by Crippen LogP contribution is 2.49. The van der Waals surface area contributed by atoms with Crippen molar-refractivity contribution in [2.45, 2.75) is 32.1 Å². The van der Waals surface area contributed by atoms with Crippen molar-refractivity contribution >= 4 is 11.1 Å². The number of nitrogens with zero attached hydrogens (tertiary/aromatic N) is 2. The van der Waals surface area contributed by atoms with Crippen LogP contribution in [-0.4, -0.2) is 15.2 Å². The second-order valence-corrected chi connectivity index (χ2v) is 5.66. The van der Waals surface area contributed by atoms with Gasteiger partial charge in [-0.3, -0.25) is 4.79 Å². The fraction of sp³-hybridized carbons (Fsp3) is 0.615. The standard InChI is InChI=1S/C13H15N3O2/c17-13-12-10(6-14-16-13)15-11(18-12)5-9-4-7-1-2-8(9)3-7/h6-9H,1-5H2,(H,16,17)/t7-,8+,9?/m0/s1. The van der Waals surface area contributed by atoms with Crippen molar-refractivity contribution in [3.05, 3.63) is 22.4 Å². The highest BCUT2D eigenvalue weighted by atomic mass is 16.4. The molecule has 4 rings (SSSR count). The summed E-state index contributed by atoms with van der Waals surface area (Å²) in [7, 11) is 0. The molecule has 0 aromatic carbocycles. The van der Waals surface area contributed by atoms with Crippen molar-refractivity contribution in [1.29, 1.82) is 0 Å². The number of H-pyrrole nitrogens is 1. The predicted molar refractivity (Wildman–Crippen MR) is 65.1 cm³/mol. The van der Waals surface area contributed by atoms with Crippen molar-refractivity contribution in [1.82, 2.24) is 15.2 Å². The Morgan fingerprint density at radius 2 is 2.33 bits per heavy atom. The van der Waals surface area contributed by atoms with Gasteiger partial charge in [-0.15, -0.1) is 0 Å². The van der Waals surface area contributed by atoms with Gasteiger partial charge < -0.3 is 4.42 Å². The highest BCUT2D eigenvalue weighted by Gasteiger charge is 2.39. The molecule has 2 aromatic rings. The maximum absolute atomic E-state index is 11.5. The van der Waals surface area contributed by atoms with E-state index in [1.165, 1.54) is 25.7 Å². The predicted octanol–water partition coefficient (Wildman–Crippen LogP) is 1.89. The van der Waals surface area contributed by atoms with Crippen molar-refractivity contribution in [3.63, 3.8) is 0 Å². The normalized spacial score (nSPS) is 30.3. The summed E-state index contributed by atoms with van der Waals surface area (Å²) in [5, 5.41) is 6.10. The smallest absolute Gasteiger partial charge is 0.309 e. The first kappa shape index (κ1) is 10.3. The topological polar surface area (TPSA) is 71.8 Å². The van der Waals surface area contributed by atoms with Gasteiger partial charge in [0.25, 0.3) is 0 Å². The third kappa shape index (κ3) is 1.50. The van der Waals surface area contributed by atoms with Gasteiger partial charge in [-0.05, 0) is 37.0 Å². The van der Waals surface area contributed by atoms with Crippen molar-refractivity contribution in [2.75, 3.05) is 0 Å². The molecule has 1 N–H and O–H groups in total. The molecule has 2 saturated carbocycles. The molecule has 0 aliphatic heterocycles. The lowest BCUT2D eigenvalue weighted by atomic mass is 9.86. The van der Waals surface area contributed by atoms with Gasteiger partial charge >= 0.3 is 5.56 Å². The zero-order chi connectivity index (χ0) is 12.1. The number of hydrogen-bond acceptors (Lipinski definition) is 4. The van der Waals surface area contributed by atoms with Gasteiger partial charge in [-0.1, -0.05) is 6.42 Å². The molecule has 2 heterocycles.